The van der Waals surface area contributed by atoms with Crippen LogP contribution in [-0.2, 0) is 6.42 Å². The molecule has 0 bridgehead atoms. The van der Waals surface area contributed by atoms with E-state index in [0.717, 1.165) is 6.07 Å². The van der Waals surface area contributed by atoms with Gasteiger partial charge in [0, 0.05) is 6.42 Å². The predicted octanol–water partition coefficient (Wildman–Crippen LogP) is 3.06. The van der Waals surface area contributed by atoms with Crippen LogP contribution in [0.15, 0.2) is 12.1 Å². The summed E-state index contributed by atoms with van der Waals surface area (Å²) in [6.45, 7) is 1.27. The summed E-state index contributed by atoms with van der Waals surface area (Å²) in [5, 5.41) is 9.64. The van der Waals surface area contributed by atoms with Gasteiger partial charge in [-0.3, -0.25) is 0 Å². The van der Waals surface area contributed by atoms with Crippen molar-refractivity contribution in [3.05, 3.63) is 34.9 Å². The SMILES string of the molecule is CC(F)c1cc(F)c(F)c(CC2(O)CC2)c1. The Kier molecular flexibility index (Phi) is 2.70. The fourth-order valence-corrected chi connectivity index (χ4v) is 1.70. The van der Waals surface area contributed by atoms with Gasteiger partial charge in [0.2, 0.25) is 0 Å². The lowest BCUT2D eigenvalue weighted by molar-refractivity contribution is 0.149. The highest BCUT2D eigenvalue weighted by atomic mass is 19.2. The number of rotatable bonds is 3. The van der Waals surface area contributed by atoms with Crippen LogP contribution < -0.4 is 0 Å². The zero-order valence-corrected chi connectivity index (χ0v) is 8.93. The van der Waals surface area contributed by atoms with Crippen LogP contribution in [0.1, 0.15) is 37.1 Å². The molecule has 0 saturated heterocycles. The van der Waals surface area contributed by atoms with Gasteiger partial charge in [0.15, 0.2) is 11.6 Å². The first kappa shape index (κ1) is 11.5. The number of hydrogen-bond donors (Lipinski definition) is 1. The summed E-state index contributed by atoms with van der Waals surface area (Å²) in [5.41, 5.74) is -0.747. The molecule has 0 amide bonds. The van der Waals surface area contributed by atoms with Crippen molar-refractivity contribution in [2.75, 3.05) is 0 Å². The van der Waals surface area contributed by atoms with Gasteiger partial charge in [-0.05, 0) is 43.0 Å². The molecular formula is C12H13F3O. The Bertz CT molecular complexity index is 411. The van der Waals surface area contributed by atoms with Crippen molar-refractivity contribution in [1.82, 2.24) is 0 Å². The second-order valence-electron chi connectivity index (χ2n) is 4.49. The molecule has 1 aromatic carbocycles. The van der Waals surface area contributed by atoms with E-state index in [9.17, 15) is 18.3 Å². The molecule has 1 fully saturated rings. The van der Waals surface area contributed by atoms with Crippen molar-refractivity contribution in [1.29, 1.82) is 0 Å². The van der Waals surface area contributed by atoms with E-state index in [2.05, 4.69) is 0 Å². The number of hydrogen-bond acceptors (Lipinski definition) is 1. The molecule has 0 aliphatic heterocycles. The molecule has 1 saturated carbocycles. The maximum absolute atomic E-state index is 13.4. The first-order chi connectivity index (χ1) is 7.41. The molecule has 1 unspecified atom stereocenters. The third-order valence-corrected chi connectivity index (χ3v) is 2.93. The third kappa shape index (κ3) is 2.21. The van der Waals surface area contributed by atoms with E-state index >= 15 is 0 Å². The Hall–Kier alpha value is -1.03. The van der Waals surface area contributed by atoms with Gasteiger partial charge in [0.05, 0.1) is 5.60 Å². The van der Waals surface area contributed by atoms with Crippen LogP contribution >= 0.6 is 0 Å². The van der Waals surface area contributed by atoms with E-state index in [1.54, 1.807) is 0 Å². The van der Waals surface area contributed by atoms with Gasteiger partial charge in [-0.15, -0.1) is 0 Å². The molecule has 1 aliphatic rings. The van der Waals surface area contributed by atoms with Gasteiger partial charge >= 0.3 is 0 Å². The monoisotopic (exact) mass is 230 g/mol. The number of aliphatic hydroxyl groups is 1. The summed E-state index contributed by atoms with van der Waals surface area (Å²) < 4.78 is 39.6. The standard InChI is InChI=1S/C12H13F3O/c1-7(13)8-4-9(6-12(16)2-3-12)11(15)10(14)5-8/h4-5,7,16H,2-3,6H2,1H3. The van der Waals surface area contributed by atoms with E-state index in [0.29, 0.717) is 12.8 Å². The Morgan fingerprint density at radius 2 is 2.00 bits per heavy atom. The minimum Gasteiger partial charge on any atom is -0.390 e. The lowest BCUT2D eigenvalue weighted by atomic mass is 10.0. The quantitative estimate of drug-likeness (QED) is 0.846. The van der Waals surface area contributed by atoms with E-state index in [1.807, 2.05) is 0 Å². The van der Waals surface area contributed by atoms with Crippen LogP contribution in [0, 0.1) is 11.6 Å². The smallest absolute Gasteiger partial charge is 0.162 e. The average Bonchev–Trinajstić information content (AvgIpc) is 2.91. The fraction of sp³-hybridized carbons (Fsp3) is 0.500. The summed E-state index contributed by atoms with van der Waals surface area (Å²) >= 11 is 0. The highest BCUT2D eigenvalue weighted by Crippen LogP contribution is 2.39. The Labute approximate surface area is 91.9 Å². The molecule has 4 heteroatoms. The van der Waals surface area contributed by atoms with Crippen molar-refractivity contribution in [3.63, 3.8) is 0 Å². The molecular weight excluding hydrogens is 217 g/mol. The van der Waals surface area contributed by atoms with Crippen molar-refractivity contribution in [3.8, 4) is 0 Å². The summed E-state index contributed by atoms with van der Waals surface area (Å²) in [6.07, 6.45) is -0.119. The molecule has 0 heterocycles. The van der Waals surface area contributed by atoms with Crippen LogP contribution in [0.4, 0.5) is 13.2 Å². The van der Waals surface area contributed by atoms with Crippen molar-refractivity contribution in [2.24, 2.45) is 0 Å². The predicted molar refractivity (Wildman–Crippen MR) is 53.8 cm³/mol. The molecule has 0 aromatic heterocycles. The molecule has 1 aromatic rings. The van der Waals surface area contributed by atoms with Crippen LogP contribution in [0.3, 0.4) is 0 Å². The number of benzene rings is 1. The molecule has 2 rings (SSSR count). The summed E-state index contributed by atoms with van der Waals surface area (Å²) in [7, 11) is 0. The molecule has 0 radical (unpaired) electrons. The van der Waals surface area contributed by atoms with Crippen molar-refractivity contribution < 1.29 is 18.3 Å². The van der Waals surface area contributed by atoms with Crippen LogP contribution in [0.25, 0.3) is 0 Å². The van der Waals surface area contributed by atoms with Crippen LogP contribution in [0.5, 0.6) is 0 Å². The maximum Gasteiger partial charge on any atom is 0.162 e. The first-order valence-electron chi connectivity index (χ1n) is 5.25. The highest BCUT2D eigenvalue weighted by molar-refractivity contribution is 5.29. The second kappa shape index (κ2) is 3.77. The van der Waals surface area contributed by atoms with E-state index in [-0.39, 0.29) is 17.5 Å². The largest absolute Gasteiger partial charge is 0.390 e. The van der Waals surface area contributed by atoms with Crippen molar-refractivity contribution >= 4 is 0 Å². The topological polar surface area (TPSA) is 20.2 Å². The van der Waals surface area contributed by atoms with Gasteiger partial charge in [-0.25, -0.2) is 13.2 Å². The van der Waals surface area contributed by atoms with Gasteiger partial charge in [-0.2, -0.15) is 0 Å². The molecule has 0 spiro atoms. The van der Waals surface area contributed by atoms with Gasteiger partial charge < -0.3 is 5.11 Å². The minimum atomic E-state index is -1.34. The Balaban J connectivity index is 2.34. The van der Waals surface area contributed by atoms with Crippen molar-refractivity contribution in [2.45, 2.75) is 38.0 Å². The molecule has 1 N–H and O–H groups in total. The number of halogens is 3. The lowest BCUT2D eigenvalue weighted by Gasteiger charge is -2.11. The normalized spacial score (nSPS) is 19.6. The number of alkyl halides is 1. The summed E-state index contributed by atoms with van der Waals surface area (Å²) in [5.74, 6) is -2.04. The highest BCUT2D eigenvalue weighted by Gasteiger charge is 2.41. The average molecular weight is 230 g/mol. The van der Waals surface area contributed by atoms with E-state index in [1.165, 1.54) is 13.0 Å². The summed E-state index contributed by atoms with van der Waals surface area (Å²) in [4.78, 5) is 0. The van der Waals surface area contributed by atoms with Crippen LogP contribution in [-0.4, -0.2) is 10.7 Å². The maximum atomic E-state index is 13.4. The van der Waals surface area contributed by atoms with Gasteiger partial charge in [-0.1, -0.05) is 0 Å². The second-order valence-corrected chi connectivity index (χ2v) is 4.49. The van der Waals surface area contributed by atoms with E-state index in [4.69, 9.17) is 0 Å². The molecule has 88 valence electrons. The molecule has 1 atom stereocenters. The van der Waals surface area contributed by atoms with Gasteiger partial charge in [0.25, 0.3) is 0 Å². The minimum absolute atomic E-state index is 0.0519. The van der Waals surface area contributed by atoms with Crippen LogP contribution in [0.2, 0.25) is 0 Å². The zero-order chi connectivity index (χ0) is 11.9. The first-order valence-corrected chi connectivity index (χ1v) is 5.25. The third-order valence-electron chi connectivity index (χ3n) is 2.93. The van der Waals surface area contributed by atoms with E-state index < -0.39 is 23.4 Å². The summed E-state index contributed by atoms with van der Waals surface area (Å²) in [6, 6.07) is 2.15. The zero-order valence-electron chi connectivity index (χ0n) is 8.93. The molecule has 1 nitrogen and oxygen atoms in total. The Morgan fingerprint density at radius 1 is 1.38 bits per heavy atom. The fourth-order valence-electron chi connectivity index (χ4n) is 1.70. The lowest BCUT2D eigenvalue weighted by Crippen LogP contribution is -2.13. The van der Waals surface area contributed by atoms with Gasteiger partial charge in [0.1, 0.15) is 6.17 Å². The molecule has 16 heavy (non-hydrogen) atoms. The Morgan fingerprint density at radius 3 is 2.50 bits per heavy atom. The molecule has 1 aliphatic carbocycles.